The van der Waals surface area contributed by atoms with E-state index in [1.54, 1.807) is 0 Å². The normalized spacial score (nSPS) is 27.2. The summed E-state index contributed by atoms with van der Waals surface area (Å²) in [6, 6.07) is 0.659. The molecule has 0 bridgehead atoms. The highest BCUT2D eigenvalue weighted by Crippen LogP contribution is 2.29. The van der Waals surface area contributed by atoms with E-state index in [9.17, 15) is 9.90 Å². The Morgan fingerprint density at radius 1 is 1.26 bits per heavy atom. The molecule has 1 N–H and O–H groups in total. The Morgan fingerprint density at radius 2 is 1.96 bits per heavy atom. The summed E-state index contributed by atoms with van der Waals surface area (Å²) in [4.78, 5) is 14.6. The second kappa shape index (κ2) is 8.29. The second-order valence-electron chi connectivity index (χ2n) is 8.06. The Morgan fingerprint density at radius 3 is 2.57 bits per heavy atom. The molecule has 132 valence electrons. The lowest BCUT2D eigenvalue weighted by Crippen LogP contribution is -2.39. The van der Waals surface area contributed by atoms with Gasteiger partial charge in [-0.3, -0.25) is 9.69 Å². The average molecular weight is 323 g/mol. The van der Waals surface area contributed by atoms with E-state index < -0.39 is 5.60 Å². The highest BCUT2D eigenvalue weighted by atomic mass is 16.6. The summed E-state index contributed by atoms with van der Waals surface area (Å²) in [7, 11) is 0. The molecule has 1 saturated carbocycles. The average Bonchev–Trinajstić information content (AvgIpc) is 2.71. The molecule has 1 aliphatic carbocycles. The molecule has 1 heterocycles. The van der Waals surface area contributed by atoms with Crippen LogP contribution in [-0.4, -0.2) is 47.3 Å². The molecule has 0 saturated heterocycles. The summed E-state index contributed by atoms with van der Waals surface area (Å²) in [5.74, 6) is 0.403. The van der Waals surface area contributed by atoms with Crippen LogP contribution in [0.3, 0.4) is 0 Å². The van der Waals surface area contributed by atoms with Gasteiger partial charge in [0.05, 0.1) is 6.42 Å². The molecule has 0 aromatic rings. The second-order valence-corrected chi connectivity index (χ2v) is 8.06. The van der Waals surface area contributed by atoms with Crippen molar-refractivity contribution in [3.05, 3.63) is 11.6 Å². The van der Waals surface area contributed by atoms with Crippen molar-refractivity contribution in [3.63, 3.8) is 0 Å². The lowest BCUT2D eigenvalue weighted by Gasteiger charge is -2.36. The fourth-order valence-electron chi connectivity index (χ4n) is 3.72. The van der Waals surface area contributed by atoms with Crippen molar-refractivity contribution in [2.75, 3.05) is 19.7 Å². The molecular formula is C19H33NO3. The van der Waals surface area contributed by atoms with Gasteiger partial charge in [0, 0.05) is 25.7 Å². The van der Waals surface area contributed by atoms with Gasteiger partial charge in [0.2, 0.25) is 0 Å². The number of hydrogen-bond donors (Lipinski definition) is 1. The molecule has 0 radical (unpaired) electrons. The van der Waals surface area contributed by atoms with Gasteiger partial charge in [0.25, 0.3) is 0 Å². The van der Waals surface area contributed by atoms with E-state index in [0.29, 0.717) is 25.0 Å². The Labute approximate surface area is 140 Å². The van der Waals surface area contributed by atoms with Gasteiger partial charge in [-0.05, 0) is 65.2 Å². The van der Waals surface area contributed by atoms with Crippen molar-refractivity contribution >= 4 is 5.97 Å². The van der Waals surface area contributed by atoms with Crippen molar-refractivity contribution in [2.45, 2.75) is 77.4 Å². The molecule has 23 heavy (non-hydrogen) atoms. The third-order valence-electron chi connectivity index (χ3n) is 4.95. The van der Waals surface area contributed by atoms with E-state index in [1.807, 2.05) is 20.8 Å². The summed E-state index contributed by atoms with van der Waals surface area (Å²) in [6.07, 6.45) is 9.37. The van der Waals surface area contributed by atoms with Crippen LogP contribution in [0, 0.1) is 5.92 Å². The van der Waals surface area contributed by atoms with Crippen LogP contribution in [0.5, 0.6) is 0 Å². The quantitative estimate of drug-likeness (QED) is 0.637. The Kier molecular flexibility index (Phi) is 6.66. The maximum atomic E-state index is 12.0. The van der Waals surface area contributed by atoms with Gasteiger partial charge in [-0.25, -0.2) is 0 Å². The molecular weight excluding hydrogens is 290 g/mol. The first-order chi connectivity index (χ1) is 10.9. The zero-order valence-electron chi connectivity index (χ0n) is 15.0. The maximum Gasteiger partial charge on any atom is 0.310 e. The zero-order chi connectivity index (χ0) is 16.9. The van der Waals surface area contributed by atoms with Crippen LogP contribution in [0.25, 0.3) is 0 Å². The van der Waals surface area contributed by atoms with Crippen LogP contribution in [0.15, 0.2) is 11.6 Å². The van der Waals surface area contributed by atoms with E-state index in [0.717, 1.165) is 38.8 Å². The molecule has 4 nitrogen and oxygen atoms in total. The van der Waals surface area contributed by atoms with Gasteiger partial charge in [-0.1, -0.05) is 11.6 Å². The van der Waals surface area contributed by atoms with Crippen molar-refractivity contribution in [1.82, 2.24) is 4.90 Å². The van der Waals surface area contributed by atoms with Gasteiger partial charge < -0.3 is 9.84 Å². The molecule has 1 aliphatic heterocycles. The van der Waals surface area contributed by atoms with E-state index in [4.69, 9.17) is 4.74 Å². The first-order valence-corrected chi connectivity index (χ1v) is 9.12. The van der Waals surface area contributed by atoms with Crippen LogP contribution in [0.2, 0.25) is 0 Å². The highest BCUT2D eigenvalue weighted by molar-refractivity contribution is 5.72. The summed E-state index contributed by atoms with van der Waals surface area (Å²) in [5, 5.41) is 9.27. The minimum Gasteiger partial charge on any atom is -0.460 e. The molecule has 1 fully saturated rings. The molecule has 0 aromatic heterocycles. The molecule has 0 spiro atoms. The predicted molar refractivity (Wildman–Crippen MR) is 92.2 cm³/mol. The van der Waals surface area contributed by atoms with E-state index in [2.05, 4.69) is 11.0 Å². The first kappa shape index (κ1) is 18.5. The summed E-state index contributed by atoms with van der Waals surface area (Å²) >= 11 is 0. The molecule has 2 aliphatic rings. The van der Waals surface area contributed by atoms with Crippen molar-refractivity contribution in [3.8, 4) is 0 Å². The Balaban J connectivity index is 1.78. The van der Waals surface area contributed by atoms with Gasteiger partial charge in [0.15, 0.2) is 0 Å². The number of rotatable bonds is 4. The maximum absolute atomic E-state index is 12.0. The molecule has 0 amide bonds. The number of carbonyl (C=O) groups is 1. The SMILES string of the molecule is CC(C)(C)OC(=O)CC1=CCCN([C@H]2CC[C@@H](CO)CC2)CC1. The summed E-state index contributed by atoms with van der Waals surface area (Å²) in [6.45, 7) is 8.22. The molecule has 4 heteroatoms. The van der Waals surface area contributed by atoms with Crippen LogP contribution in [-0.2, 0) is 9.53 Å². The van der Waals surface area contributed by atoms with E-state index in [-0.39, 0.29) is 5.97 Å². The van der Waals surface area contributed by atoms with Gasteiger partial charge in [-0.2, -0.15) is 0 Å². The van der Waals surface area contributed by atoms with Crippen molar-refractivity contribution in [2.24, 2.45) is 5.92 Å². The summed E-state index contributed by atoms with van der Waals surface area (Å²) in [5.41, 5.74) is 0.825. The number of carbonyl (C=O) groups excluding carboxylic acids is 1. The highest BCUT2D eigenvalue weighted by Gasteiger charge is 2.26. The largest absolute Gasteiger partial charge is 0.460 e. The van der Waals surface area contributed by atoms with E-state index in [1.165, 1.54) is 18.4 Å². The number of aliphatic hydroxyl groups excluding tert-OH is 1. The molecule has 2 rings (SSSR count). The number of hydrogen-bond acceptors (Lipinski definition) is 4. The van der Waals surface area contributed by atoms with Crippen LogP contribution in [0.1, 0.15) is 65.7 Å². The van der Waals surface area contributed by atoms with Crippen molar-refractivity contribution < 1.29 is 14.6 Å². The Hall–Kier alpha value is -0.870. The number of ether oxygens (including phenoxy) is 1. The van der Waals surface area contributed by atoms with Crippen LogP contribution >= 0.6 is 0 Å². The van der Waals surface area contributed by atoms with Gasteiger partial charge in [0.1, 0.15) is 5.60 Å². The smallest absolute Gasteiger partial charge is 0.310 e. The number of nitrogens with zero attached hydrogens (tertiary/aromatic N) is 1. The van der Waals surface area contributed by atoms with Gasteiger partial charge >= 0.3 is 5.97 Å². The fourth-order valence-corrected chi connectivity index (χ4v) is 3.72. The fraction of sp³-hybridized carbons (Fsp3) is 0.842. The standard InChI is InChI=1S/C19H33NO3/c1-19(2,3)23-18(22)13-15-5-4-11-20(12-10-15)17-8-6-16(14-21)7-9-17/h5,16-17,21H,4,6-14H2,1-3H3/t16-,17+. The van der Waals surface area contributed by atoms with Crippen LogP contribution < -0.4 is 0 Å². The lowest BCUT2D eigenvalue weighted by molar-refractivity contribution is -0.153. The third-order valence-corrected chi connectivity index (χ3v) is 4.95. The summed E-state index contributed by atoms with van der Waals surface area (Å²) < 4.78 is 5.43. The predicted octanol–water partition coefficient (Wildman–Crippen LogP) is 3.29. The topological polar surface area (TPSA) is 49.8 Å². The monoisotopic (exact) mass is 323 g/mol. The van der Waals surface area contributed by atoms with Gasteiger partial charge in [-0.15, -0.1) is 0 Å². The van der Waals surface area contributed by atoms with Crippen molar-refractivity contribution in [1.29, 1.82) is 0 Å². The first-order valence-electron chi connectivity index (χ1n) is 9.12. The van der Waals surface area contributed by atoms with E-state index >= 15 is 0 Å². The minimum absolute atomic E-state index is 0.111. The molecule has 0 atom stereocenters. The Bertz CT molecular complexity index is 417. The molecule has 0 aromatic carbocycles. The number of esters is 1. The van der Waals surface area contributed by atoms with Crippen LogP contribution in [0.4, 0.5) is 0 Å². The zero-order valence-corrected chi connectivity index (χ0v) is 15.0. The number of aliphatic hydroxyl groups is 1. The lowest BCUT2D eigenvalue weighted by atomic mass is 9.85. The molecule has 0 unspecified atom stereocenters. The minimum atomic E-state index is -0.403. The third kappa shape index (κ3) is 6.27.